The SMILES string of the molecule is CC(C)c1ccc(OCC(=O)N(Cc2cccc(Cl)c2)[C@H](Cc2ccccc2)C(=O)NC(C)(C)C)cc1. The van der Waals surface area contributed by atoms with E-state index in [0.29, 0.717) is 23.1 Å². The lowest BCUT2D eigenvalue weighted by Gasteiger charge is -2.33. The van der Waals surface area contributed by atoms with Gasteiger partial charge in [-0.05, 0) is 67.6 Å². The van der Waals surface area contributed by atoms with Gasteiger partial charge in [-0.3, -0.25) is 9.59 Å². The number of carbonyl (C=O) groups excluding carboxylic acids is 2. The van der Waals surface area contributed by atoms with E-state index >= 15 is 0 Å². The predicted molar refractivity (Wildman–Crippen MR) is 150 cm³/mol. The third-order valence-corrected chi connectivity index (χ3v) is 6.16. The number of ether oxygens (including phenoxy) is 1. The lowest BCUT2D eigenvalue weighted by molar-refractivity contribution is -0.143. The Labute approximate surface area is 225 Å². The quantitative estimate of drug-likeness (QED) is 0.336. The third kappa shape index (κ3) is 8.94. The third-order valence-electron chi connectivity index (χ3n) is 5.92. The van der Waals surface area contributed by atoms with Gasteiger partial charge in [0.25, 0.3) is 5.91 Å². The number of benzene rings is 3. The summed E-state index contributed by atoms with van der Waals surface area (Å²) in [5, 5.41) is 3.64. The lowest BCUT2D eigenvalue weighted by atomic mass is 10.0. The molecule has 1 N–H and O–H groups in total. The van der Waals surface area contributed by atoms with Crippen LogP contribution in [0.4, 0.5) is 0 Å². The van der Waals surface area contributed by atoms with Crippen LogP contribution in [0.5, 0.6) is 5.75 Å². The Morgan fingerprint density at radius 2 is 1.57 bits per heavy atom. The van der Waals surface area contributed by atoms with Crippen molar-refractivity contribution in [3.8, 4) is 5.75 Å². The molecule has 6 heteroatoms. The van der Waals surface area contributed by atoms with Crippen molar-refractivity contribution in [3.05, 3.63) is 101 Å². The molecule has 5 nitrogen and oxygen atoms in total. The molecule has 196 valence electrons. The summed E-state index contributed by atoms with van der Waals surface area (Å²) in [6.45, 7) is 10.1. The Bertz CT molecular complexity index is 1170. The average Bonchev–Trinajstić information content (AvgIpc) is 2.84. The highest BCUT2D eigenvalue weighted by molar-refractivity contribution is 6.30. The van der Waals surface area contributed by atoms with Crippen LogP contribution in [0.15, 0.2) is 78.9 Å². The molecule has 0 heterocycles. The summed E-state index contributed by atoms with van der Waals surface area (Å²) in [5.74, 6) is 0.522. The Morgan fingerprint density at radius 3 is 2.16 bits per heavy atom. The Kier molecular flexibility index (Phi) is 9.76. The van der Waals surface area contributed by atoms with Gasteiger partial charge in [0.1, 0.15) is 11.8 Å². The van der Waals surface area contributed by atoms with Crippen molar-refractivity contribution >= 4 is 23.4 Å². The maximum atomic E-state index is 13.7. The molecule has 0 fully saturated rings. The predicted octanol–water partition coefficient (Wildman–Crippen LogP) is 6.40. The van der Waals surface area contributed by atoms with Crippen molar-refractivity contribution in [1.29, 1.82) is 0 Å². The summed E-state index contributed by atoms with van der Waals surface area (Å²) in [5.41, 5.74) is 2.54. The van der Waals surface area contributed by atoms with Crippen molar-refractivity contribution in [3.63, 3.8) is 0 Å². The molecule has 0 aromatic heterocycles. The van der Waals surface area contributed by atoms with E-state index in [1.54, 1.807) is 11.0 Å². The molecule has 0 aliphatic rings. The smallest absolute Gasteiger partial charge is 0.261 e. The van der Waals surface area contributed by atoms with Crippen molar-refractivity contribution in [2.75, 3.05) is 6.61 Å². The van der Waals surface area contributed by atoms with E-state index in [2.05, 4.69) is 19.2 Å². The molecule has 0 aliphatic heterocycles. The van der Waals surface area contributed by atoms with Crippen LogP contribution < -0.4 is 10.1 Å². The highest BCUT2D eigenvalue weighted by Gasteiger charge is 2.32. The van der Waals surface area contributed by atoms with Gasteiger partial charge < -0.3 is 15.0 Å². The van der Waals surface area contributed by atoms with Gasteiger partial charge in [-0.15, -0.1) is 0 Å². The molecule has 1 atom stereocenters. The highest BCUT2D eigenvalue weighted by atomic mass is 35.5. The molecule has 3 aromatic carbocycles. The van der Waals surface area contributed by atoms with E-state index in [4.69, 9.17) is 16.3 Å². The molecule has 2 amide bonds. The topological polar surface area (TPSA) is 58.6 Å². The van der Waals surface area contributed by atoms with Gasteiger partial charge in [-0.2, -0.15) is 0 Å². The van der Waals surface area contributed by atoms with Gasteiger partial charge in [-0.1, -0.05) is 80.0 Å². The number of hydrogen-bond acceptors (Lipinski definition) is 3. The zero-order chi connectivity index (χ0) is 27.0. The maximum Gasteiger partial charge on any atom is 0.261 e. The monoisotopic (exact) mass is 520 g/mol. The van der Waals surface area contributed by atoms with Crippen molar-refractivity contribution in [1.82, 2.24) is 10.2 Å². The summed E-state index contributed by atoms with van der Waals surface area (Å²) in [7, 11) is 0. The van der Waals surface area contributed by atoms with Crippen molar-refractivity contribution in [2.24, 2.45) is 0 Å². The fraction of sp³-hybridized carbons (Fsp3) is 0.355. The number of hydrogen-bond donors (Lipinski definition) is 1. The molecule has 3 aromatic rings. The van der Waals surface area contributed by atoms with Crippen LogP contribution in [0.1, 0.15) is 57.2 Å². The van der Waals surface area contributed by atoms with Gasteiger partial charge in [0.15, 0.2) is 6.61 Å². The first-order valence-corrected chi connectivity index (χ1v) is 13.0. The largest absolute Gasteiger partial charge is 0.484 e. The molecule has 0 unspecified atom stereocenters. The fourth-order valence-electron chi connectivity index (χ4n) is 4.02. The second-order valence-electron chi connectivity index (χ2n) is 10.6. The van der Waals surface area contributed by atoms with Gasteiger partial charge in [0.05, 0.1) is 0 Å². The average molecular weight is 521 g/mol. The number of halogens is 1. The van der Waals surface area contributed by atoms with E-state index in [1.807, 2.05) is 93.6 Å². The van der Waals surface area contributed by atoms with Crippen LogP contribution >= 0.6 is 11.6 Å². The first-order valence-electron chi connectivity index (χ1n) is 12.6. The Hall–Kier alpha value is -3.31. The summed E-state index contributed by atoms with van der Waals surface area (Å²) >= 11 is 6.24. The van der Waals surface area contributed by atoms with E-state index in [-0.39, 0.29) is 25.0 Å². The second kappa shape index (κ2) is 12.8. The highest BCUT2D eigenvalue weighted by Crippen LogP contribution is 2.21. The van der Waals surface area contributed by atoms with E-state index in [1.165, 1.54) is 5.56 Å². The number of nitrogens with one attached hydrogen (secondary N) is 1. The van der Waals surface area contributed by atoms with Crippen LogP contribution in [0.2, 0.25) is 5.02 Å². The normalized spacial score (nSPS) is 12.2. The van der Waals surface area contributed by atoms with Gasteiger partial charge in [0.2, 0.25) is 5.91 Å². The molecule has 0 saturated carbocycles. The first kappa shape index (κ1) is 28.3. The Morgan fingerprint density at radius 1 is 0.919 bits per heavy atom. The van der Waals surface area contributed by atoms with Crippen LogP contribution in [-0.4, -0.2) is 34.9 Å². The molecular weight excluding hydrogens is 484 g/mol. The fourth-order valence-corrected chi connectivity index (χ4v) is 4.23. The molecule has 3 rings (SSSR count). The van der Waals surface area contributed by atoms with E-state index < -0.39 is 11.6 Å². The lowest BCUT2D eigenvalue weighted by Crippen LogP contribution is -2.55. The number of nitrogens with zero attached hydrogens (tertiary/aromatic N) is 1. The minimum atomic E-state index is -0.736. The minimum Gasteiger partial charge on any atom is -0.484 e. The Balaban J connectivity index is 1.90. The maximum absolute atomic E-state index is 13.7. The van der Waals surface area contributed by atoms with Gasteiger partial charge >= 0.3 is 0 Å². The van der Waals surface area contributed by atoms with Crippen molar-refractivity contribution < 1.29 is 14.3 Å². The minimum absolute atomic E-state index is 0.185. The molecule has 0 bridgehead atoms. The molecule has 0 aliphatic carbocycles. The van der Waals surface area contributed by atoms with Crippen LogP contribution in [0.25, 0.3) is 0 Å². The van der Waals surface area contributed by atoms with E-state index in [0.717, 1.165) is 11.1 Å². The zero-order valence-corrected chi connectivity index (χ0v) is 23.1. The number of carbonyl (C=O) groups is 2. The number of amides is 2. The summed E-state index contributed by atoms with van der Waals surface area (Å²) in [6, 6.07) is 24.1. The van der Waals surface area contributed by atoms with Gasteiger partial charge in [-0.25, -0.2) is 0 Å². The standard InChI is InChI=1S/C31H37ClN2O3/c1-22(2)25-14-16-27(17-15-25)37-21-29(35)34(20-24-12-9-13-26(32)18-24)28(30(36)33-31(3,4)5)19-23-10-7-6-8-11-23/h6-18,22,28H,19-21H2,1-5H3,(H,33,36)/t28-/m1/s1. The van der Waals surface area contributed by atoms with Crippen LogP contribution in [-0.2, 0) is 22.6 Å². The summed E-state index contributed by atoms with van der Waals surface area (Å²) in [6.07, 6.45) is 0.373. The van der Waals surface area contributed by atoms with E-state index in [9.17, 15) is 9.59 Å². The summed E-state index contributed by atoms with van der Waals surface area (Å²) in [4.78, 5) is 28.8. The van der Waals surface area contributed by atoms with Crippen LogP contribution in [0.3, 0.4) is 0 Å². The second-order valence-corrected chi connectivity index (χ2v) is 11.0. The van der Waals surface area contributed by atoms with Crippen LogP contribution in [0, 0.1) is 0 Å². The molecule has 0 radical (unpaired) electrons. The zero-order valence-electron chi connectivity index (χ0n) is 22.3. The first-order chi connectivity index (χ1) is 17.5. The van der Waals surface area contributed by atoms with Gasteiger partial charge in [0, 0.05) is 23.5 Å². The molecule has 0 spiro atoms. The van der Waals surface area contributed by atoms with Crippen molar-refractivity contribution in [2.45, 2.75) is 65.1 Å². The molecule has 0 saturated heterocycles. The molecular formula is C31H37ClN2O3. The summed E-state index contributed by atoms with van der Waals surface area (Å²) < 4.78 is 5.88. The number of rotatable bonds is 10. The molecule has 37 heavy (non-hydrogen) atoms.